The second kappa shape index (κ2) is 9.19. The molecule has 6 heteroatoms. The molecule has 142 valence electrons. The van der Waals surface area contributed by atoms with Gasteiger partial charge in [0.15, 0.2) is 0 Å². The fraction of sp³-hybridized carbons (Fsp3) is 0.333. The number of amides is 2. The minimum Gasteiger partial charge on any atom is -0.508 e. The van der Waals surface area contributed by atoms with Crippen LogP contribution in [0.3, 0.4) is 0 Å². The molecular formula is C21H24N2O4. The van der Waals surface area contributed by atoms with Crippen molar-refractivity contribution in [1.29, 1.82) is 0 Å². The first-order valence-electron chi connectivity index (χ1n) is 9.13. The lowest BCUT2D eigenvalue weighted by atomic mass is 10.1. The van der Waals surface area contributed by atoms with Crippen molar-refractivity contribution in [3.05, 3.63) is 59.7 Å². The van der Waals surface area contributed by atoms with Gasteiger partial charge < -0.3 is 20.1 Å². The van der Waals surface area contributed by atoms with Crippen molar-refractivity contribution in [3.63, 3.8) is 0 Å². The minimum atomic E-state index is -0.115. The highest BCUT2D eigenvalue weighted by molar-refractivity contribution is 5.91. The highest BCUT2D eigenvalue weighted by Gasteiger charge is 2.16. The van der Waals surface area contributed by atoms with E-state index >= 15 is 0 Å². The SMILES string of the molecule is O=C(CCc1ccccc1O)Nc1ccc(CC(=O)N2CCOCC2)cc1. The number of carbonyl (C=O) groups is 2. The average Bonchev–Trinajstić information content (AvgIpc) is 2.69. The van der Waals surface area contributed by atoms with Crippen molar-refractivity contribution in [2.75, 3.05) is 31.6 Å². The summed E-state index contributed by atoms with van der Waals surface area (Å²) in [6.45, 7) is 2.48. The van der Waals surface area contributed by atoms with Gasteiger partial charge in [0.1, 0.15) is 5.75 Å². The third kappa shape index (κ3) is 5.56. The summed E-state index contributed by atoms with van der Waals surface area (Å²) in [6, 6.07) is 14.3. The van der Waals surface area contributed by atoms with Gasteiger partial charge in [-0.3, -0.25) is 9.59 Å². The van der Waals surface area contributed by atoms with E-state index in [1.165, 1.54) is 0 Å². The summed E-state index contributed by atoms with van der Waals surface area (Å²) < 4.78 is 5.26. The summed E-state index contributed by atoms with van der Waals surface area (Å²) in [7, 11) is 0. The quantitative estimate of drug-likeness (QED) is 0.820. The molecule has 2 aromatic rings. The molecule has 0 atom stereocenters. The Morgan fingerprint density at radius 1 is 1.04 bits per heavy atom. The number of aryl methyl sites for hydroxylation is 1. The molecule has 0 radical (unpaired) electrons. The second-order valence-electron chi connectivity index (χ2n) is 6.54. The number of hydrogen-bond donors (Lipinski definition) is 2. The predicted octanol–water partition coefficient (Wildman–Crippen LogP) is 2.36. The zero-order chi connectivity index (χ0) is 19.1. The molecule has 3 rings (SSSR count). The van der Waals surface area contributed by atoms with Crippen LogP contribution in [0.4, 0.5) is 5.69 Å². The standard InChI is InChI=1S/C21H24N2O4/c24-19-4-2-1-3-17(19)7-10-20(25)22-18-8-5-16(6-9-18)15-21(26)23-11-13-27-14-12-23/h1-6,8-9,24H,7,10-15H2,(H,22,25). The van der Waals surface area contributed by atoms with Crippen LogP contribution in [-0.2, 0) is 27.2 Å². The van der Waals surface area contributed by atoms with Gasteiger partial charge in [-0.05, 0) is 35.7 Å². The largest absolute Gasteiger partial charge is 0.508 e. The van der Waals surface area contributed by atoms with Gasteiger partial charge in [0, 0.05) is 25.2 Å². The van der Waals surface area contributed by atoms with E-state index < -0.39 is 0 Å². The number of aromatic hydroxyl groups is 1. The molecule has 2 aromatic carbocycles. The van der Waals surface area contributed by atoms with E-state index in [0.29, 0.717) is 44.8 Å². The number of ether oxygens (including phenoxy) is 1. The molecular weight excluding hydrogens is 344 g/mol. The normalized spacial score (nSPS) is 14.0. The molecule has 6 nitrogen and oxygen atoms in total. The molecule has 1 heterocycles. The summed E-state index contributed by atoms with van der Waals surface area (Å²) in [5, 5.41) is 12.6. The van der Waals surface area contributed by atoms with Gasteiger partial charge in [-0.2, -0.15) is 0 Å². The summed E-state index contributed by atoms with van der Waals surface area (Å²) in [6.07, 6.45) is 1.11. The van der Waals surface area contributed by atoms with Crippen LogP contribution in [0, 0.1) is 0 Å². The lowest BCUT2D eigenvalue weighted by molar-refractivity contribution is -0.134. The molecule has 1 saturated heterocycles. The number of nitrogens with zero attached hydrogens (tertiary/aromatic N) is 1. The van der Waals surface area contributed by atoms with Crippen molar-refractivity contribution in [3.8, 4) is 5.75 Å². The Kier molecular flexibility index (Phi) is 6.44. The predicted molar refractivity (Wildman–Crippen MR) is 103 cm³/mol. The Morgan fingerprint density at radius 3 is 2.44 bits per heavy atom. The van der Waals surface area contributed by atoms with Crippen molar-refractivity contribution in [2.45, 2.75) is 19.3 Å². The molecule has 0 unspecified atom stereocenters. The Labute approximate surface area is 158 Å². The minimum absolute atomic E-state index is 0.0951. The molecule has 1 aliphatic rings. The first kappa shape index (κ1) is 18.9. The van der Waals surface area contributed by atoms with E-state index in [2.05, 4.69) is 5.32 Å². The first-order chi connectivity index (χ1) is 13.1. The highest BCUT2D eigenvalue weighted by atomic mass is 16.5. The third-order valence-electron chi connectivity index (χ3n) is 4.57. The lowest BCUT2D eigenvalue weighted by Gasteiger charge is -2.26. The zero-order valence-corrected chi connectivity index (χ0v) is 15.2. The third-order valence-corrected chi connectivity index (χ3v) is 4.57. The maximum atomic E-state index is 12.3. The lowest BCUT2D eigenvalue weighted by Crippen LogP contribution is -2.41. The van der Waals surface area contributed by atoms with Crippen LogP contribution in [0.25, 0.3) is 0 Å². The molecule has 0 aromatic heterocycles. The van der Waals surface area contributed by atoms with Crippen molar-refractivity contribution >= 4 is 17.5 Å². The number of morpholine rings is 1. The highest BCUT2D eigenvalue weighted by Crippen LogP contribution is 2.18. The van der Waals surface area contributed by atoms with Gasteiger partial charge in [-0.15, -0.1) is 0 Å². The number of benzene rings is 2. The fourth-order valence-corrected chi connectivity index (χ4v) is 3.00. The molecule has 0 spiro atoms. The van der Waals surface area contributed by atoms with Crippen LogP contribution in [0.5, 0.6) is 5.75 Å². The molecule has 1 fully saturated rings. The van der Waals surface area contributed by atoms with Crippen LogP contribution in [0.1, 0.15) is 17.5 Å². The van der Waals surface area contributed by atoms with E-state index in [1.54, 1.807) is 24.3 Å². The Bertz CT molecular complexity index is 783. The van der Waals surface area contributed by atoms with Crippen LogP contribution in [0.2, 0.25) is 0 Å². The van der Waals surface area contributed by atoms with E-state index in [1.807, 2.05) is 29.2 Å². The molecule has 2 amide bonds. The molecule has 0 aliphatic carbocycles. The summed E-state index contributed by atoms with van der Waals surface area (Å²) in [4.78, 5) is 26.2. The number of phenolic OH excluding ortho intramolecular Hbond substituents is 1. The van der Waals surface area contributed by atoms with Gasteiger partial charge in [0.2, 0.25) is 11.8 Å². The Hall–Kier alpha value is -2.86. The number of phenols is 1. The van der Waals surface area contributed by atoms with E-state index in [4.69, 9.17) is 4.74 Å². The number of hydrogen-bond acceptors (Lipinski definition) is 4. The van der Waals surface area contributed by atoms with Crippen LogP contribution >= 0.6 is 0 Å². The van der Waals surface area contributed by atoms with Gasteiger partial charge in [-0.1, -0.05) is 30.3 Å². The van der Waals surface area contributed by atoms with Gasteiger partial charge >= 0.3 is 0 Å². The Morgan fingerprint density at radius 2 is 1.74 bits per heavy atom. The van der Waals surface area contributed by atoms with Crippen LogP contribution < -0.4 is 5.32 Å². The van der Waals surface area contributed by atoms with Crippen molar-refractivity contribution in [1.82, 2.24) is 4.90 Å². The number of rotatable bonds is 6. The number of para-hydroxylation sites is 1. The molecule has 0 bridgehead atoms. The fourth-order valence-electron chi connectivity index (χ4n) is 3.00. The van der Waals surface area contributed by atoms with Crippen molar-refractivity contribution < 1.29 is 19.4 Å². The van der Waals surface area contributed by atoms with Crippen molar-refractivity contribution in [2.24, 2.45) is 0 Å². The first-order valence-corrected chi connectivity index (χ1v) is 9.13. The molecule has 0 saturated carbocycles. The van der Waals surface area contributed by atoms with Crippen LogP contribution in [0.15, 0.2) is 48.5 Å². The van der Waals surface area contributed by atoms with Crippen LogP contribution in [-0.4, -0.2) is 48.1 Å². The number of anilines is 1. The van der Waals surface area contributed by atoms with Gasteiger partial charge in [0.05, 0.1) is 19.6 Å². The average molecular weight is 368 g/mol. The van der Waals surface area contributed by atoms with Gasteiger partial charge in [-0.25, -0.2) is 0 Å². The summed E-state index contributed by atoms with van der Waals surface area (Å²) >= 11 is 0. The maximum absolute atomic E-state index is 12.3. The summed E-state index contributed by atoms with van der Waals surface area (Å²) in [5.74, 6) is 0.188. The van der Waals surface area contributed by atoms with Gasteiger partial charge in [0.25, 0.3) is 0 Å². The second-order valence-corrected chi connectivity index (χ2v) is 6.54. The molecule has 27 heavy (non-hydrogen) atoms. The topological polar surface area (TPSA) is 78.9 Å². The number of carbonyl (C=O) groups excluding carboxylic acids is 2. The number of nitrogens with one attached hydrogen (secondary N) is 1. The van der Waals surface area contributed by atoms with E-state index in [9.17, 15) is 14.7 Å². The maximum Gasteiger partial charge on any atom is 0.227 e. The summed E-state index contributed by atoms with van der Waals surface area (Å²) in [5.41, 5.74) is 2.36. The molecule has 1 aliphatic heterocycles. The Balaban J connectivity index is 1.47. The molecule has 2 N–H and O–H groups in total. The zero-order valence-electron chi connectivity index (χ0n) is 15.2. The monoisotopic (exact) mass is 368 g/mol. The smallest absolute Gasteiger partial charge is 0.227 e. The van der Waals surface area contributed by atoms with E-state index in [0.717, 1.165) is 11.1 Å². The van der Waals surface area contributed by atoms with E-state index in [-0.39, 0.29) is 24.0 Å².